The number of nitrogens with one attached hydrogen (secondary N) is 1. The lowest BCUT2D eigenvalue weighted by molar-refractivity contribution is -0.168. The van der Waals surface area contributed by atoms with Crippen molar-refractivity contribution in [3.63, 3.8) is 0 Å². The monoisotopic (exact) mass is 461 g/mol. The smallest absolute Gasteiger partial charge is 0.407 e. The van der Waals surface area contributed by atoms with E-state index in [1.807, 2.05) is 0 Å². The highest BCUT2D eigenvalue weighted by atomic mass is 16.6. The molecule has 0 saturated heterocycles. The maximum atomic E-state index is 12.2. The number of carbonyl (C=O) groups is 2. The third kappa shape index (κ3) is 19.3. The van der Waals surface area contributed by atoms with Crippen LogP contribution >= 0.6 is 0 Å². The second-order valence-corrected chi connectivity index (χ2v) is 9.34. The number of rotatable bonds is 19. The fraction of sp³-hybridized carbons (Fsp3) is 0.917. The highest BCUT2D eigenvalue weighted by Gasteiger charge is 2.30. The molecule has 190 valence electrons. The zero-order valence-corrected chi connectivity index (χ0v) is 21.3. The van der Waals surface area contributed by atoms with Crippen molar-refractivity contribution in [2.45, 2.75) is 97.2 Å². The second-order valence-electron chi connectivity index (χ2n) is 9.34. The molecule has 0 rings (SSSR count). The quantitative estimate of drug-likeness (QED) is 0.221. The van der Waals surface area contributed by atoms with Crippen molar-refractivity contribution in [2.24, 2.45) is 0 Å². The molecule has 1 amide bonds. The van der Waals surface area contributed by atoms with E-state index in [4.69, 9.17) is 23.7 Å². The van der Waals surface area contributed by atoms with Gasteiger partial charge >= 0.3 is 12.1 Å². The van der Waals surface area contributed by atoms with Crippen molar-refractivity contribution >= 4 is 12.1 Å². The van der Waals surface area contributed by atoms with Gasteiger partial charge in [0.15, 0.2) is 5.60 Å². The first-order valence-corrected chi connectivity index (χ1v) is 11.9. The fourth-order valence-corrected chi connectivity index (χ4v) is 2.69. The fourth-order valence-electron chi connectivity index (χ4n) is 2.69. The van der Waals surface area contributed by atoms with Crippen LogP contribution in [0.1, 0.15) is 86.0 Å². The number of unbranched alkanes of at least 4 members (excludes halogenated alkanes) is 6. The van der Waals surface area contributed by atoms with E-state index in [0.29, 0.717) is 33.0 Å². The molecule has 0 aliphatic rings. The van der Waals surface area contributed by atoms with Crippen LogP contribution in [0.25, 0.3) is 0 Å². The Morgan fingerprint density at radius 2 is 1.16 bits per heavy atom. The van der Waals surface area contributed by atoms with Gasteiger partial charge in [-0.25, -0.2) is 9.59 Å². The van der Waals surface area contributed by atoms with Gasteiger partial charge in [0, 0.05) is 26.9 Å². The summed E-state index contributed by atoms with van der Waals surface area (Å²) in [4.78, 5) is 23.6. The Balaban J connectivity index is 3.62. The summed E-state index contributed by atoms with van der Waals surface area (Å²) in [5.74, 6) is -0.318. The van der Waals surface area contributed by atoms with Gasteiger partial charge in [-0.3, -0.25) is 0 Å². The maximum absolute atomic E-state index is 12.2. The van der Waals surface area contributed by atoms with Crippen LogP contribution in [0.2, 0.25) is 0 Å². The molecule has 0 unspecified atom stereocenters. The Hall–Kier alpha value is -1.38. The third-order valence-electron chi connectivity index (χ3n) is 4.61. The lowest BCUT2D eigenvalue weighted by Crippen LogP contribution is -2.37. The zero-order chi connectivity index (χ0) is 24.3. The van der Waals surface area contributed by atoms with Crippen molar-refractivity contribution in [3.8, 4) is 0 Å². The molecule has 0 aromatic heterocycles. The molecule has 0 radical (unpaired) electrons. The summed E-state index contributed by atoms with van der Waals surface area (Å²) in [5, 5.41) is 2.60. The predicted octanol–water partition coefficient (Wildman–Crippen LogP) is 4.63. The van der Waals surface area contributed by atoms with Gasteiger partial charge in [0.25, 0.3) is 0 Å². The molecule has 0 fully saturated rings. The van der Waals surface area contributed by atoms with Gasteiger partial charge in [-0.2, -0.15) is 0 Å². The Bertz CT molecular complexity index is 489. The molecule has 8 nitrogen and oxygen atoms in total. The average molecular weight is 462 g/mol. The Kier molecular flexibility index (Phi) is 17.3. The standard InChI is InChI=1S/C24H47NO7/c1-23(2,3)31-18-13-9-7-11-16-29-21(26)24(4,5)32-19-14-10-8-12-17-30-22(27)25-15-20-28-6/h7-20H2,1-6H3,(H,25,27). The zero-order valence-electron chi connectivity index (χ0n) is 21.3. The minimum atomic E-state index is -0.941. The molecule has 0 aliphatic heterocycles. The van der Waals surface area contributed by atoms with Crippen molar-refractivity contribution in [3.05, 3.63) is 0 Å². The van der Waals surface area contributed by atoms with Gasteiger partial charge in [0.05, 0.1) is 25.4 Å². The van der Waals surface area contributed by atoms with Crippen molar-refractivity contribution in [1.29, 1.82) is 0 Å². The van der Waals surface area contributed by atoms with E-state index < -0.39 is 11.7 Å². The molecule has 0 bridgehead atoms. The van der Waals surface area contributed by atoms with Crippen molar-refractivity contribution in [2.75, 3.05) is 46.7 Å². The highest BCUT2D eigenvalue weighted by Crippen LogP contribution is 2.14. The molecular weight excluding hydrogens is 414 g/mol. The van der Waals surface area contributed by atoms with Crippen LogP contribution < -0.4 is 5.32 Å². The number of hydrogen-bond acceptors (Lipinski definition) is 7. The molecule has 0 heterocycles. The third-order valence-corrected chi connectivity index (χ3v) is 4.61. The van der Waals surface area contributed by atoms with Gasteiger partial charge in [0.2, 0.25) is 0 Å². The van der Waals surface area contributed by atoms with E-state index in [9.17, 15) is 9.59 Å². The minimum absolute atomic E-state index is 0.0856. The van der Waals surface area contributed by atoms with E-state index >= 15 is 0 Å². The lowest BCUT2D eigenvalue weighted by Gasteiger charge is -2.23. The van der Waals surface area contributed by atoms with Crippen LogP contribution in [0.3, 0.4) is 0 Å². The van der Waals surface area contributed by atoms with Crippen molar-refractivity contribution in [1.82, 2.24) is 5.32 Å². The Labute approximate surface area is 195 Å². The number of ether oxygens (including phenoxy) is 5. The van der Waals surface area contributed by atoms with Gasteiger partial charge in [-0.1, -0.05) is 12.8 Å². The number of esters is 1. The molecule has 0 aromatic rings. The molecule has 0 aromatic carbocycles. The predicted molar refractivity (Wildman–Crippen MR) is 125 cm³/mol. The maximum Gasteiger partial charge on any atom is 0.407 e. The summed E-state index contributed by atoms with van der Waals surface area (Å²) in [6, 6.07) is 0. The summed E-state index contributed by atoms with van der Waals surface area (Å²) in [6.45, 7) is 12.6. The van der Waals surface area contributed by atoms with Gasteiger partial charge in [-0.15, -0.1) is 0 Å². The molecule has 32 heavy (non-hydrogen) atoms. The van der Waals surface area contributed by atoms with E-state index in [2.05, 4.69) is 26.1 Å². The Morgan fingerprint density at radius 1 is 0.656 bits per heavy atom. The number of carbonyl (C=O) groups excluding carboxylic acids is 2. The number of amides is 1. The molecule has 0 saturated carbocycles. The average Bonchev–Trinajstić information content (AvgIpc) is 2.71. The number of alkyl carbamates (subject to hydrolysis) is 1. The van der Waals surface area contributed by atoms with Crippen LogP contribution in [-0.2, 0) is 28.5 Å². The summed E-state index contributed by atoms with van der Waals surface area (Å²) in [7, 11) is 1.58. The first-order chi connectivity index (χ1) is 15.1. The van der Waals surface area contributed by atoms with Crippen LogP contribution in [0.5, 0.6) is 0 Å². The van der Waals surface area contributed by atoms with Gasteiger partial charge in [0.1, 0.15) is 0 Å². The molecule has 0 atom stereocenters. The Morgan fingerprint density at radius 3 is 1.69 bits per heavy atom. The van der Waals surface area contributed by atoms with Crippen LogP contribution in [0, 0.1) is 0 Å². The normalized spacial score (nSPS) is 11.9. The second kappa shape index (κ2) is 18.1. The first kappa shape index (κ1) is 30.6. The van der Waals surface area contributed by atoms with Crippen LogP contribution in [-0.4, -0.2) is 70.0 Å². The van der Waals surface area contributed by atoms with E-state index in [0.717, 1.165) is 58.0 Å². The van der Waals surface area contributed by atoms with E-state index in [1.54, 1.807) is 21.0 Å². The van der Waals surface area contributed by atoms with Gasteiger partial charge in [-0.05, 0) is 73.1 Å². The summed E-state index contributed by atoms with van der Waals surface area (Å²) >= 11 is 0. The van der Waals surface area contributed by atoms with Crippen molar-refractivity contribution < 1.29 is 33.3 Å². The van der Waals surface area contributed by atoms with E-state index in [-0.39, 0.29) is 11.6 Å². The molecule has 1 N–H and O–H groups in total. The number of methoxy groups -OCH3 is 1. The van der Waals surface area contributed by atoms with Crippen LogP contribution in [0.4, 0.5) is 4.79 Å². The first-order valence-electron chi connectivity index (χ1n) is 11.9. The topological polar surface area (TPSA) is 92.3 Å². The minimum Gasteiger partial charge on any atom is -0.464 e. The molecule has 0 aliphatic carbocycles. The molecule has 0 spiro atoms. The SMILES string of the molecule is COCCNC(=O)OCCCCCCOC(C)(C)C(=O)OCCCCCCOC(C)(C)C. The van der Waals surface area contributed by atoms with E-state index in [1.165, 1.54) is 0 Å². The highest BCUT2D eigenvalue weighted by molar-refractivity contribution is 5.78. The summed E-state index contributed by atoms with van der Waals surface area (Å²) in [6.07, 6.45) is 7.05. The molecule has 8 heteroatoms. The largest absolute Gasteiger partial charge is 0.464 e. The summed E-state index contributed by atoms with van der Waals surface area (Å²) in [5.41, 5.74) is -1.03. The van der Waals surface area contributed by atoms with Crippen LogP contribution in [0.15, 0.2) is 0 Å². The van der Waals surface area contributed by atoms with Gasteiger partial charge < -0.3 is 29.0 Å². The number of hydrogen-bond donors (Lipinski definition) is 1. The lowest BCUT2D eigenvalue weighted by atomic mass is 10.1. The molecular formula is C24H47NO7. The summed E-state index contributed by atoms with van der Waals surface area (Å²) < 4.78 is 26.7.